The van der Waals surface area contributed by atoms with Crippen LogP contribution in [0.2, 0.25) is 0 Å². The Morgan fingerprint density at radius 3 is 2.77 bits per heavy atom. The zero-order valence-corrected chi connectivity index (χ0v) is 8.05. The number of hydrogen-bond donors (Lipinski definition) is 2. The minimum absolute atomic E-state index is 0.467. The van der Waals surface area contributed by atoms with E-state index in [-0.39, 0.29) is 0 Å². The Labute approximate surface area is 78.5 Å². The summed E-state index contributed by atoms with van der Waals surface area (Å²) in [6.07, 6.45) is 5.71. The molecule has 13 heavy (non-hydrogen) atoms. The molecule has 74 valence electrons. The Hall–Kier alpha value is -0.570. The van der Waals surface area contributed by atoms with E-state index < -0.39 is 11.5 Å². The van der Waals surface area contributed by atoms with Crippen molar-refractivity contribution in [3.8, 4) is 0 Å². The summed E-state index contributed by atoms with van der Waals surface area (Å²) in [4.78, 5) is 11.0. The first-order chi connectivity index (χ1) is 6.12. The second-order valence-electron chi connectivity index (χ2n) is 4.64. The van der Waals surface area contributed by atoms with Crippen molar-refractivity contribution in [1.29, 1.82) is 0 Å². The Morgan fingerprint density at radius 1 is 1.46 bits per heavy atom. The third-order valence-electron chi connectivity index (χ3n) is 3.56. The lowest BCUT2D eigenvalue weighted by molar-refractivity contribution is -0.143. The van der Waals surface area contributed by atoms with Gasteiger partial charge in [-0.1, -0.05) is 12.8 Å². The number of carbonyl (C=O) groups is 1. The van der Waals surface area contributed by atoms with Gasteiger partial charge < -0.3 is 5.11 Å². The number of fused-ring (bicyclic) bond motifs is 1. The van der Waals surface area contributed by atoms with Crippen LogP contribution in [0.4, 0.5) is 0 Å². The Balaban J connectivity index is 2.10. The lowest BCUT2D eigenvalue weighted by atomic mass is 9.83. The molecule has 2 rings (SSSR count). The van der Waals surface area contributed by atoms with Crippen LogP contribution in [0, 0.1) is 5.92 Å². The van der Waals surface area contributed by atoms with E-state index in [2.05, 4.69) is 5.32 Å². The van der Waals surface area contributed by atoms with E-state index >= 15 is 0 Å². The summed E-state index contributed by atoms with van der Waals surface area (Å²) in [7, 11) is 0. The van der Waals surface area contributed by atoms with Gasteiger partial charge in [-0.15, -0.1) is 0 Å². The van der Waals surface area contributed by atoms with Crippen molar-refractivity contribution < 1.29 is 9.90 Å². The summed E-state index contributed by atoms with van der Waals surface area (Å²) in [6, 6.07) is 0.467. The van der Waals surface area contributed by atoms with Gasteiger partial charge in [0.05, 0.1) is 0 Å². The van der Waals surface area contributed by atoms with Crippen LogP contribution in [-0.4, -0.2) is 22.7 Å². The van der Waals surface area contributed by atoms with Crippen LogP contribution in [-0.2, 0) is 4.79 Å². The van der Waals surface area contributed by atoms with Crippen LogP contribution in [0.1, 0.15) is 39.0 Å². The number of aliphatic carboxylic acids is 1. The average molecular weight is 183 g/mol. The van der Waals surface area contributed by atoms with Crippen molar-refractivity contribution in [1.82, 2.24) is 5.32 Å². The summed E-state index contributed by atoms with van der Waals surface area (Å²) in [5, 5.41) is 12.3. The van der Waals surface area contributed by atoms with Gasteiger partial charge in [0, 0.05) is 6.04 Å². The minimum Gasteiger partial charge on any atom is -0.480 e. The summed E-state index contributed by atoms with van der Waals surface area (Å²) < 4.78 is 0. The quantitative estimate of drug-likeness (QED) is 0.645. The molecule has 3 atom stereocenters. The molecule has 1 aliphatic heterocycles. The van der Waals surface area contributed by atoms with Crippen molar-refractivity contribution in [2.45, 2.75) is 50.6 Å². The van der Waals surface area contributed by atoms with E-state index in [9.17, 15) is 4.79 Å². The summed E-state index contributed by atoms with van der Waals surface area (Å²) in [6.45, 7) is 1.81. The maximum absolute atomic E-state index is 11.0. The molecular weight excluding hydrogens is 166 g/mol. The first kappa shape index (κ1) is 9.00. The Morgan fingerprint density at radius 2 is 2.15 bits per heavy atom. The number of rotatable bonds is 1. The predicted octanol–water partition coefficient (Wildman–Crippen LogP) is 1.38. The van der Waals surface area contributed by atoms with Crippen molar-refractivity contribution in [2.24, 2.45) is 5.92 Å². The fourth-order valence-corrected chi connectivity index (χ4v) is 2.78. The molecule has 0 spiro atoms. The largest absolute Gasteiger partial charge is 0.480 e. The molecule has 0 bridgehead atoms. The molecule has 3 unspecified atom stereocenters. The topological polar surface area (TPSA) is 49.3 Å². The van der Waals surface area contributed by atoms with Gasteiger partial charge in [-0.05, 0) is 32.1 Å². The summed E-state index contributed by atoms with van der Waals surface area (Å²) in [5.74, 6) is -0.0863. The second kappa shape index (κ2) is 2.98. The lowest BCUT2D eigenvalue weighted by Crippen LogP contribution is -2.47. The van der Waals surface area contributed by atoms with Gasteiger partial charge in [0.15, 0.2) is 0 Å². The summed E-state index contributed by atoms with van der Waals surface area (Å²) in [5.41, 5.74) is -0.653. The third kappa shape index (κ3) is 1.46. The van der Waals surface area contributed by atoms with E-state index in [0.29, 0.717) is 12.0 Å². The molecule has 0 radical (unpaired) electrons. The minimum atomic E-state index is -0.693. The molecule has 1 aliphatic carbocycles. The van der Waals surface area contributed by atoms with E-state index in [1.54, 1.807) is 0 Å². The van der Waals surface area contributed by atoms with E-state index in [0.717, 1.165) is 12.8 Å². The molecule has 1 saturated heterocycles. The summed E-state index contributed by atoms with van der Waals surface area (Å²) >= 11 is 0. The van der Waals surface area contributed by atoms with Crippen molar-refractivity contribution in [3.05, 3.63) is 0 Å². The van der Waals surface area contributed by atoms with E-state index in [1.807, 2.05) is 6.92 Å². The first-order valence-corrected chi connectivity index (χ1v) is 5.13. The maximum Gasteiger partial charge on any atom is 0.323 e. The van der Waals surface area contributed by atoms with Crippen LogP contribution < -0.4 is 5.32 Å². The monoisotopic (exact) mass is 183 g/mol. The molecule has 2 fully saturated rings. The second-order valence-corrected chi connectivity index (χ2v) is 4.64. The highest BCUT2D eigenvalue weighted by molar-refractivity contribution is 5.78. The number of nitrogens with one attached hydrogen (secondary N) is 1. The predicted molar refractivity (Wildman–Crippen MR) is 49.5 cm³/mol. The molecule has 0 aromatic rings. The SMILES string of the molecule is CC1(C(=O)O)CC2CCCCC2N1. The number of carboxylic acids is 1. The van der Waals surface area contributed by atoms with Crippen LogP contribution in [0.5, 0.6) is 0 Å². The van der Waals surface area contributed by atoms with Crippen molar-refractivity contribution in [3.63, 3.8) is 0 Å². The van der Waals surface area contributed by atoms with Crippen LogP contribution in [0.15, 0.2) is 0 Å². The van der Waals surface area contributed by atoms with Crippen molar-refractivity contribution >= 4 is 5.97 Å². The molecule has 2 aliphatic rings. The van der Waals surface area contributed by atoms with Gasteiger partial charge in [0.2, 0.25) is 0 Å². The molecule has 3 heteroatoms. The molecule has 3 nitrogen and oxygen atoms in total. The van der Waals surface area contributed by atoms with Crippen LogP contribution in [0.3, 0.4) is 0 Å². The van der Waals surface area contributed by atoms with Gasteiger partial charge in [-0.3, -0.25) is 10.1 Å². The highest BCUT2D eigenvalue weighted by atomic mass is 16.4. The van der Waals surface area contributed by atoms with Crippen LogP contribution in [0.25, 0.3) is 0 Å². The van der Waals surface area contributed by atoms with Gasteiger partial charge >= 0.3 is 5.97 Å². The molecule has 0 amide bonds. The molecule has 0 aromatic carbocycles. The normalized spacial score (nSPS) is 44.4. The molecule has 2 N–H and O–H groups in total. The van der Waals surface area contributed by atoms with Crippen molar-refractivity contribution in [2.75, 3.05) is 0 Å². The average Bonchev–Trinajstić information content (AvgIpc) is 2.42. The van der Waals surface area contributed by atoms with Gasteiger partial charge in [-0.2, -0.15) is 0 Å². The Kier molecular flexibility index (Phi) is 2.06. The Bertz CT molecular complexity index is 213. The van der Waals surface area contributed by atoms with E-state index in [4.69, 9.17) is 5.11 Å². The third-order valence-corrected chi connectivity index (χ3v) is 3.56. The molecule has 1 saturated carbocycles. The number of hydrogen-bond acceptors (Lipinski definition) is 2. The highest BCUT2D eigenvalue weighted by Crippen LogP contribution is 2.37. The highest BCUT2D eigenvalue weighted by Gasteiger charge is 2.46. The van der Waals surface area contributed by atoms with E-state index in [1.165, 1.54) is 19.3 Å². The smallest absolute Gasteiger partial charge is 0.323 e. The van der Waals surface area contributed by atoms with Crippen LogP contribution >= 0.6 is 0 Å². The van der Waals surface area contributed by atoms with Gasteiger partial charge in [-0.25, -0.2) is 0 Å². The van der Waals surface area contributed by atoms with Gasteiger partial charge in [0.1, 0.15) is 5.54 Å². The molecular formula is C10H17NO2. The zero-order valence-electron chi connectivity index (χ0n) is 8.05. The zero-order chi connectivity index (χ0) is 9.47. The molecule has 1 heterocycles. The molecule has 0 aromatic heterocycles. The standard InChI is InChI=1S/C10H17NO2/c1-10(9(12)13)6-7-4-2-3-5-8(7)11-10/h7-8,11H,2-6H2,1H3,(H,12,13). The first-order valence-electron chi connectivity index (χ1n) is 5.13. The van der Waals surface area contributed by atoms with Gasteiger partial charge in [0.25, 0.3) is 0 Å². The maximum atomic E-state index is 11.0. The lowest BCUT2D eigenvalue weighted by Gasteiger charge is -2.24. The number of carboxylic acid groups (broad SMARTS) is 1. The fraction of sp³-hybridized carbons (Fsp3) is 0.900. The fourth-order valence-electron chi connectivity index (χ4n) is 2.78.